The molecule has 2 rings (SSSR count). The average molecular weight is 253 g/mol. The summed E-state index contributed by atoms with van der Waals surface area (Å²) < 4.78 is 0. The third-order valence-corrected chi connectivity index (χ3v) is 4.73. The minimum atomic E-state index is 0.295. The quantitative estimate of drug-likeness (QED) is 0.737. The molecule has 0 radical (unpaired) electrons. The number of nitrogens with one attached hydrogen (secondary N) is 2. The SMILES string of the molecule is CCN(CC)CCNC(=O)C1CC12CCNCC2. The van der Waals surface area contributed by atoms with E-state index in [1.54, 1.807) is 0 Å². The molecular formula is C14H27N3O. The summed E-state index contributed by atoms with van der Waals surface area (Å²) in [5, 5.41) is 6.49. The lowest BCUT2D eigenvalue weighted by Gasteiger charge is -2.23. The van der Waals surface area contributed by atoms with Crippen molar-refractivity contribution in [3.63, 3.8) is 0 Å². The highest BCUT2D eigenvalue weighted by Gasteiger charge is 2.57. The smallest absolute Gasteiger partial charge is 0.223 e. The topological polar surface area (TPSA) is 44.4 Å². The highest BCUT2D eigenvalue weighted by atomic mass is 16.2. The van der Waals surface area contributed by atoms with Gasteiger partial charge in [-0.15, -0.1) is 0 Å². The van der Waals surface area contributed by atoms with Gasteiger partial charge in [-0.3, -0.25) is 4.79 Å². The summed E-state index contributed by atoms with van der Waals surface area (Å²) in [5.41, 5.74) is 0.366. The Morgan fingerprint density at radius 3 is 2.61 bits per heavy atom. The van der Waals surface area contributed by atoms with Crippen LogP contribution in [0.5, 0.6) is 0 Å². The van der Waals surface area contributed by atoms with Crippen LogP contribution in [-0.2, 0) is 4.79 Å². The molecule has 4 heteroatoms. The van der Waals surface area contributed by atoms with Gasteiger partial charge in [-0.25, -0.2) is 0 Å². The summed E-state index contributed by atoms with van der Waals surface area (Å²) in [6.45, 7) is 10.4. The maximum absolute atomic E-state index is 12.1. The molecule has 0 bridgehead atoms. The fourth-order valence-electron chi connectivity index (χ4n) is 3.20. The minimum absolute atomic E-state index is 0.295. The molecule has 1 atom stereocenters. The third-order valence-electron chi connectivity index (χ3n) is 4.73. The number of rotatable bonds is 6. The summed E-state index contributed by atoms with van der Waals surface area (Å²) in [4.78, 5) is 14.4. The maximum atomic E-state index is 12.1. The van der Waals surface area contributed by atoms with Crippen molar-refractivity contribution in [2.45, 2.75) is 33.1 Å². The Hall–Kier alpha value is -0.610. The first-order valence-corrected chi connectivity index (χ1v) is 7.42. The van der Waals surface area contributed by atoms with Crippen molar-refractivity contribution in [1.29, 1.82) is 0 Å². The van der Waals surface area contributed by atoms with E-state index >= 15 is 0 Å². The Labute approximate surface area is 110 Å². The van der Waals surface area contributed by atoms with Crippen LogP contribution in [0.1, 0.15) is 33.1 Å². The Morgan fingerprint density at radius 1 is 1.33 bits per heavy atom. The molecule has 2 aliphatic rings. The van der Waals surface area contributed by atoms with Gasteiger partial charge in [-0.05, 0) is 50.9 Å². The molecule has 1 unspecified atom stereocenters. The first kappa shape index (κ1) is 13.8. The van der Waals surface area contributed by atoms with Crippen molar-refractivity contribution < 1.29 is 4.79 Å². The highest BCUT2D eigenvalue weighted by Crippen LogP contribution is 2.58. The van der Waals surface area contributed by atoms with Crippen LogP contribution < -0.4 is 10.6 Å². The van der Waals surface area contributed by atoms with E-state index in [4.69, 9.17) is 0 Å². The van der Waals surface area contributed by atoms with Crippen molar-refractivity contribution in [3.8, 4) is 0 Å². The van der Waals surface area contributed by atoms with E-state index in [1.807, 2.05) is 0 Å². The van der Waals surface area contributed by atoms with Crippen LogP contribution >= 0.6 is 0 Å². The molecule has 104 valence electrons. The molecule has 1 aliphatic heterocycles. The Kier molecular flexibility index (Phi) is 4.62. The van der Waals surface area contributed by atoms with Gasteiger partial charge in [-0.2, -0.15) is 0 Å². The van der Waals surface area contributed by atoms with Crippen LogP contribution in [0.2, 0.25) is 0 Å². The largest absolute Gasteiger partial charge is 0.355 e. The zero-order chi connectivity index (χ0) is 13.0. The number of hydrogen-bond acceptors (Lipinski definition) is 3. The first-order valence-electron chi connectivity index (χ1n) is 7.42. The van der Waals surface area contributed by atoms with E-state index in [9.17, 15) is 4.79 Å². The second-order valence-corrected chi connectivity index (χ2v) is 5.69. The molecule has 1 saturated carbocycles. The van der Waals surface area contributed by atoms with Gasteiger partial charge in [0.15, 0.2) is 0 Å². The first-order chi connectivity index (χ1) is 8.72. The van der Waals surface area contributed by atoms with Crippen molar-refractivity contribution >= 4 is 5.91 Å². The van der Waals surface area contributed by atoms with Gasteiger partial charge in [0.05, 0.1) is 0 Å². The third kappa shape index (κ3) is 3.04. The summed E-state index contributed by atoms with van der Waals surface area (Å²) in [6.07, 6.45) is 3.48. The fraction of sp³-hybridized carbons (Fsp3) is 0.929. The Bertz CT molecular complexity index is 283. The number of nitrogens with zero attached hydrogens (tertiary/aromatic N) is 1. The molecule has 1 amide bonds. The number of amides is 1. The van der Waals surface area contributed by atoms with Crippen LogP contribution in [0.25, 0.3) is 0 Å². The number of carbonyl (C=O) groups is 1. The Balaban J connectivity index is 1.67. The van der Waals surface area contributed by atoms with Gasteiger partial charge in [0.2, 0.25) is 5.91 Å². The molecule has 1 heterocycles. The highest BCUT2D eigenvalue weighted by molar-refractivity contribution is 5.82. The van der Waals surface area contributed by atoms with Gasteiger partial charge < -0.3 is 15.5 Å². The van der Waals surface area contributed by atoms with E-state index in [2.05, 4.69) is 29.4 Å². The molecule has 0 aromatic heterocycles. The molecule has 1 spiro atoms. The number of carbonyl (C=O) groups excluding carboxylic acids is 1. The van der Waals surface area contributed by atoms with Crippen molar-refractivity contribution in [1.82, 2.24) is 15.5 Å². The standard InChI is InChI=1S/C14H27N3O/c1-3-17(4-2)10-9-16-13(18)12-11-14(12)5-7-15-8-6-14/h12,15H,3-11H2,1-2H3,(H,16,18). The van der Waals surface area contributed by atoms with E-state index < -0.39 is 0 Å². The number of piperidine rings is 1. The van der Waals surface area contributed by atoms with Crippen LogP contribution in [0, 0.1) is 11.3 Å². The normalized spacial score (nSPS) is 25.4. The predicted octanol–water partition coefficient (Wildman–Crippen LogP) is 0.834. The maximum Gasteiger partial charge on any atom is 0.223 e. The lowest BCUT2D eigenvalue weighted by Crippen LogP contribution is -2.37. The van der Waals surface area contributed by atoms with Gasteiger partial charge in [0, 0.05) is 19.0 Å². The molecule has 2 fully saturated rings. The molecule has 1 saturated heterocycles. The summed E-state index contributed by atoms with van der Waals surface area (Å²) in [7, 11) is 0. The average Bonchev–Trinajstić information content (AvgIpc) is 3.09. The molecule has 0 aromatic rings. The molecule has 1 aliphatic carbocycles. The minimum Gasteiger partial charge on any atom is -0.355 e. The van der Waals surface area contributed by atoms with Gasteiger partial charge >= 0.3 is 0 Å². The van der Waals surface area contributed by atoms with Gasteiger partial charge in [0.25, 0.3) is 0 Å². The zero-order valence-corrected chi connectivity index (χ0v) is 11.8. The van der Waals surface area contributed by atoms with E-state index in [1.165, 1.54) is 12.8 Å². The summed E-state index contributed by atoms with van der Waals surface area (Å²) in [6, 6.07) is 0. The number of hydrogen-bond donors (Lipinski definition) is 2. The summed E-state index contributed by atoms with van der Waals surface area (Å²) >= 11 is 0. The van der Waals surface area contributed by atoms with E-state index in [0.717, 1.165) is 45.7 Å². The van der Waals surface area contributed by atoms with Crippen LogP contribution in [0.15, 0.2) is 0 Å². The van der Waals surface area contributed by atoms with E-state index in [0.29, 0.717) is 17.2 Å². The Morgan fingerprint density at radius 2 is 2.00 bits per heavy atom. The monoisotopic (exact) mass is 253 g/mol. The second kappa shape index (κ2) is 6.02. The lowest BCUT2D eigenvalue weighted by molar-refractivity contribution is -0.123. The lowest BCUT2D eigenvalue weighted by atomic mass is 9.92. The van der Waals surface area contributed by atoms with E-state index in [-0.39, 0.29) is 0 Å². The van der Waals surface area contributed by atoms with Crippen LogP contribution in [0.4, 0.5) is 0 Å². The van der Waals surface area contributed by atoms with Gasteiger partial charge in [0.1, 0.15) is 0 Å². The molecular weight excluding hydrogens is 226 g/mol. The van der Waals surface area contributed by atoms with Crippen LogP contribution in [-0.4, -0.2) is 50.1 Å². The van der Waals surface area contributed by atoms with Crippen molar-refractivity contribution in [2.24, 2.45) is 11.3 Å². The predicted molar refractivity (Wildman–Crippen MR) is 73.4 cm³/mol. The number of likely N-dealkylation sites (N-methyl/N-ethyl adjacent to an activating group) is 1. The zero-order valence-electron chi connectivity index (χ0n) is 11.8. The van der Waals surface area contributed by atoms with Crippen molar-refractivity contribution in [2.75, 3.05) is 39.3 Å². The van der Waals surface area contributed by atoms with Gasteiger partial charge in [-0.1, -0.05) is 13.8 Å². The molecule has 2 N–H and O–H groups in total. The second-order valence-electron chi connectivity index (χ2n) is 5.69. The molecule has 18 heavy (non-hydrogen) atoms. The molecule has 4 nitrogen and oxygen atoms in total. The van der Waals surface area contributed by atoms with Crippen LogP contribution in [0.3, 0.4) is 0 Å². The fourth-order valence-corrected chi connectivity index (χ4v) is 3.20. The summed E-state index contributed by atoms with van der Waals surface area (Å²) in [5.74, 6) is 0.598. The molecule has 0 aromatic carbocycles. The van der Waals surface area contributed by atoms with Crippen molar-refractivity contribution in [3.05, 3.63) is 0 Å².